The average molecular weight is 1010 g/mol. The van der Waals surface area contributed by atoms with Crippen molar-refractivity contribution in [3.63, 3.8) is 0 Å². The first-order chi connectivity index (χ1) is 34.7. The molecule has 9 rings (SSSR count). The van der Waals surface area contributed by atoms with Gasteiger partial charge in [0.2, 0.25) is 0 Å². The summed E-state index contributed by atoms with van der Waals surface area (Å²) in [6.07, 6.45) is -1.43. The third-order valence-corrected chi connectivity index (χ3v) is 14.4. The van der Waals surface area contributed by atoms with Gasteiger partial charge in [0, 0.05) is 31.8 Å². The van der Waals surface area contributed by atoms with Crippen LogP contribution in [0.5, 0.6) is 0 Å². The van der Waals surface area contributed by atoms with Crippen molar-refractivity contribution in [3.05, 3.63) is 208 Å². The number of oxime groups is 1. The molecule has 2 aliphatic heterocycles. The Morgan fingerprint density at radius 1 is 0.817 bits per heavy atom. The van der Waals surface area contributed by atoms with Crippen LogP contribution in [0.15, 0.2) is 173 Å². The second-order valence-electron chi connectivity index (χ2n) is 16.2. The van der Waals surface area contributed by atoms with E-state index in [-0.39, 0.29) is 41.6 Å². The number of thioether (sulfide) groups is 1. The minimum Gasteiger partial charge on any atom is -0.448 e. The first-order valence-corrected chi connectivity index (χ1v) is 24.7. The molecule has 4 heterocycles. The SMILES string of the molecule is CON=C(C(=O)NC1C(=O)N2C(C(=O)OC(c3ccccc3)c3ccccc3)=C(CC(=S)c3nnnn3CC(OC)OC)CSC12)c1csc(NC(c2ccccc2)(c2ccccc2)c2ccccc2)n1. The van der Waals surface area contributed by atoms with E-state index >= 15 is 0 Å². The molecule has 19 heteroatoms. The fraction of sp³-hybridized carbons (Fsp3) is 0.212. The Bertz CT molecular complexity index is 2910. The molecule has 360 valence electrons. The number of anilines is 1. The Balaban J connectivity index is 0.999. The number of tetrazole rings is 1. The van der Waals surface area contributed by atoms with Crippen LogP contribution in [0.3, 0.4) is 0 Å². The highest BCUT2D eigenvalue weighted by Gasteiger charge is 2.55. The summed E-state index contributed by atoms with van der Waals surface area (Å²) in [7, 11) is 4.33. The van der Waals surface area contributed by atoms with Crippen LogP contribution in [0, 0.1) is 0 Å². The number of aromatic nitrogens is 5. The number of methoxy groups -OCH3 is 2. The Morgan fingerprint density at radius 3 is 1.90 bits per heavy atom. The molecule has 5 aromatic carbocycles. The molecule has 2 unspecified atom stereocenters. The normalized spacial score (nSPS) is 15.8. The monoisotopic (exact) mass is 1010 g/mol. The summed E-state index contributed by atoms with van der Waals surface area (Å²) in [6, 6.07) is 47.8. The van der Waals surface area contributed by atoms with E-state index in [0.717, 1.165) is 27.8 Å². The molecule has 0 radical (unpaired) electrons. The topological polar surface area (TPSA) is 184 Å². The molecule has 2 atom stereocenters. The Hall–Kier alpha value is -7.42. The molecule has 0 bridgehead atoms. The van der Waals surface area contributed by atoms with Crippen LogP contribution in [0.4, 0.5) is 5.13 Å². The maximum atomic E-state index is 14.8. The minimum atomic E-state index is -1.06. The number of nitrogens with one attached hydrogen (secondary N) is 2. The van der Waals surface area contributed by atoms with Crippen LogP contribution in [0.1, 0.15) is 51.9 Å². The summed E-state index contributed by atoms with van der Waals surface area (Å²) in [5.41, 5.74) is 4.09. The van der Waals surface area contributed by atoms with Crippen molar-refractivity contribution in [2.24, 2.45) is 5.16 Å². The van der Waals surface area contributed by atoms with E-state index < -0.39 is 47.1 Å². The van der Waals surface area contributed by atoms with Crippen molar-refractivity contribution >= 4 is 68.8 Å². The van der Waals surface area contributed by atoms with Gasteiger partial charge in [0.25, 0.3) is 11.8 Å². The van der Waals surface area contributed by atoms with Gasteiger partial charge in [0.1, 0.15) is 35.5 Å². The number of fused-ring (bicyclic) bond motifs is 1. The second-order valence-corrected chi connectivity index (χ2v) is 18.7. The summed E-state index contributed by atoms with van der Waals surface area (Å²) in [5.74, 6) is -1.46. The van der Waals surface area contributed by atoms with Crippen molar-refractivity contribution in [3.8, 4) is 0 Å². The second kappa shape index (κ2) is 22.1. The van der Waals surface area contributed by atoms with E-state index in [0.29, 0.717) is 15.6 Å². The van der Waals surface area contributed by atoms with E-state index in [1.165, 1.54) is 54.0 Å². The van der Waals surface area contributed by atoms with Gasteiger partial charge in [-0.3, -0.25) is 14.5 Å². The molecule has 71 heavy (non-hydrogen) atoms. The van der Waals surface area contributed by atoms with Gasteiger partial charge in [-0.05, 0) is 43.8 Å². The predicted octanol–water partition coefficient (Wildman–Crippen LogP) is 7.30. The number of rotatable bonds is 20. The summed E-state index contributed by atoms with van der Waals surface area (Å²) in [5, 5.41) is 24.3. The number of esters is 1. The van der Waals surface area contributed by atoms with E-state index in [1.54, 1.807) is 5.38 Å². The molecule has 1 saturated heterocycles. The number of carbonyl (C=O) groups is 3. The Morgan fingerprint density at radius 2 is 1.37 bits per heavy atom. The number of nitrogens with zero attached hydrogens (tertiary/aromatic N) is 7. The van der Waals surface area contributed by atoms with E-state index in [9.17, 15) is 14.4 Å². The van der Waals surface area contributed by atoms with Gasteiger partial charge in [-0.25, -0.2) is 14.5 Å². The zero-order valence-corrected chi connectivity index (χ0v) is 41.1. The molecule has 16 nitrogen and oxygen atoms in total. The van der Waals surface area contributed by atoms with Gasteiger partial charge < -0.3 is 29.7 Å². The number of β-lactam (4-membered cyclic amide) rings is 1. The highest BCUT2D eigenvalue weighted by atomic mass is 32.2. The van der Waals surface area contributed by atoms with Gasteiger partial charge in [0.15, 0.2) is 29.1 Å². The molecular formula is C52H47N9O7S3. The Labute approximate surface area is 423 Å². The Kier molecular flexibility index (Phi) is 15.1. The number of thiazole rings is 1. The number of hydrogen-bond acceptors (Lipinski definition) is 16. The quantitative estimate of drug-likeness (QED) is 0.0113. The first kappa shape index (κ1) is 48.6. The summed E-state index contributed by atoms with van der Waals surface area (Å²) in [4.78, 5) is 55.5. The molecule has 0 aliphatic carbocycles. The predicted molar refractivity (Wildman–Crippen MR) is 273 cm³/mol. The molecule has 2 N–H and O–H groups in total. The molecule has 1 fully saturated rings. The van der Waals surface area contributed by atoms with Crippen LogP contribution in [-0.2, 0) is 45.5 Å². The third kappa shape index (κ3) is 10.1. The molecule has 2 aromatic heterocycles. The van der Waals surface area contributed by atoms with E-state index in [4.69, 9.17) is 36.3 Å². The lowest BCUT2D eigenvalue weighted by atomic mass is 9.77. The zero-order valence-electron chi connectivity index (χ0n) is 38.7. The van der Waals surface area contributed by atoms with Gasteiger partial charge >= 0.3 is 5.97 Å². The molecule has 2 amide bonds. The van der Waals surface area contributed by atoms with Crippen molar-refractivity contribution in [2.45, 2.75) is 42.3 Å². The lowest BCUT2D eigenvalue weighted by Gasteiger charge is -2.49. The average Bonchev–Trinajstić information content (AvgIpc) is 4.10. The van der Waals surface area contributed by atoms with Crippen LogP contribution < -0.4 is 10.6 Å². The van der Waals surface area contributed by atoms with Crippen molar-refractivity contribution in [1.82, 2.24) is 35.4 Å². The maximum Gasteiger partial charge on any atom is 0.356 e. The highest BCUT2D eigenvalue weighted by Crippen LogP contribution is 2.44. The molecule has 0 spiro atoms. The van der Waals surface area contributed by atoms with E-state index in [2.05, 4.69) is 67.7 Å². The maximum absolute atomic E-state index is 14.8. The van der Waals surface area contributed by atoms with Crippen LogP contribution >= 0.6 is 35.3 Å². The van der Waals surface area contributed by atoms with Gasteiger partial charge in [-0.2, -0.15) is 0 Å². The molecule has 7 aromatic rings. The summed E-state index contributed by atoms with van der Waals surface area (Å²) < 4.78 is 18.6. The summed E-state index contributed by atoms with van der Waals surface area (Å²) >= 11 is 8.57. The smallest absolute Gasteiger partial charge is 0.356 e. The molecule has 2 aliphatic rings. The number of amides is 2. The third-order valence-electron chi connectivity index (χ3n) is 12.0. The van der Waals surface area contributed by atoms with Crippen LogP contribution in [0.2, 0.25) is 0 Å². The number of hydrogen-bond donors (Lipinski definition) is 2. The highest BCUT2D eigenvalue weighted by molar-refractivity contribution is 8.00. The summed E-state index contributed by atoms with van der Waals surface area (Å²) in [6.45, 7) is 0.144. The molecular weight excluding hydrogens is 959 g/mol. The lowest BCUT2D eigenvalue weighted by molar-refractivity contribution is -0.154. The molecule has 0 saturated carbocycles. The van der Waals surface area contributed by atoms with Crippen molar-refractivity contribution in [2.75, 3.05) is 32.4 Å². The lowest BCUT2D eigenvalue weighted by Crippen LogP contribution is -2.71. The number of benzene rings is 5. The number of carbonyl (C=O) groups excluding carboxylic acids is 3. The van der Waals surface area contributed by atoms with E-state index in [1.807, 2.05) is 115 Å². The fourth-order valence-electron chi connectivity index (χ4n) is 8.63. The number of thiocarbonyl (C=S) groups is 1. The standard InChI is InChI=1S/C52H47N9O7S3/c1-65-41(66-2)30-60-46(56-58-59-60)40(69)29-35-31-70-49-43(48(63)61(49)44(35)50(64)68-45(33-19-9-4-10-20-33)34-21-11-5-12-22-34)54-47(62)42(57-67-3)39-32-71-51(53-39)55-52(36-23-13-6-14-24-36,37-25-15-7-16-26-37)38-27-17-8-18-28-38/h4-28,32,41,43,45,49H,29-31H2,1-3H3,(H,53,55)(H,54,62). The largest absolute Gasteiger partial charge is 0.448 e. The number of ether oxygens (including phenoxy) is 3. The fourth-order valence-corrected chi connectivity index (χ4v) is 11.0. The van der Waals surface area contributed by atoms with Crippen LogP contribution in [0.25, 0.3) is 0 Å². The van der Waals surface area contributed by atoms with Gasteiger partial charge in [0.05, 0.1) is 11.4 Å². The van der Waals surface area contributed by atoms with Crippen LogP contribution in [-0.4, -0.2) is 103 Å². The van der Waals surface area contributed by atoms with Crippen molar-refractivity contribution in [1.29, 1.82) is 0 Å². The van der Waals surface area contributed by atoms with Gasteiger partial charge in [-0.15, -0.1) is 28.2 Å². The van der Waals surface area contributed by atoms with Crippen molar-refractivity contribution < 1.29 is 33.4 Å². The zero-order chi connectivity index (χ0) is 49.3. The van der Waals surface area contributed by atoms with Gasteiger partial charge in [-0.1, -0.05) is 169 Å². The minimum absolute atomic E-state index is 0.0221. The first-order valence-electron chi connectivity index (χ1n) is 22.4.